The summed E-state index contributed by atoms with van der Waals surface area (Å²) in [5, 5.41) is 0.664. The minimum Gasteiger partial charge on any atom is -0.451 e. The average Bonchev–Trinajstić information content (AvgIpc) is 2.45. The Morgan fingerprint density at radius 2 is 2.05 bits per heavy atom. The van der Waals surface area contributed by atoms with Gasteiger partial charge < -0.3 is 10.5 Å². The summed E-state index contributed by atoms with van der Waals surface area (Å²) in [6, 6.07) is 10.4. The first-order valence-corrected chi connectivity index (χ1v) is 7.12. The molecule has 0 atom stereocenters. The zero-order valence-electron chi connectivity index (χ0n) is 11.2. The predicted octanol–water partition coefficient (Wildman–Crippen LogP) is 4.82. The molecule has 0 spiro atoms. The third-order valence-electron chi connectivity index (χ3n) is 3.13. The molecule has 0 aliphatic rings. The highest BCUT2D eigenvalue weighted by atomic mass is 79.9. The zero-order valence-corrected chi connectivity index (χ0v) is 12.8. The number of rotatable bonds is 2. The number of hydrogen-bond donors (Lipinski definition) is 1. The molecule has 2 aromatic carbocycles. The van der Waals surface area contributed by atoms with Crippen molar-refractivity contribution in [2.75, 3.05) is 5.73 Å². The second kappa shape index (κ2) is 5.33. The summed E-state index contributed by atoms with van der Waals surface area (Å²) in [6.07, 6.45) is 1.58. The van der Waals surface area contributed by atoms with Crippen LogP contribution in [0.15, 0.2) is 47.1 Å². The molecule has 0 bridgehead atoms. The molecular weight excluding hydrogens is 335 g/mol. The smallest absolute Gasteiger partial charge is 0.189 e. The quantitative estimate of drug-likeness (QED) is 0.676. The van der Waals surface area contributed by atoms with Crippen molar-refractivity contribution in [2.45, 2.75) is 6.92 Å². The molecule has 21 heavy (non-hydrogen) atoms. The lowest BCUT2D eigenvalue weighted by Crippen LogP contribution is -1.96. The van der Waals surface area contributed by atoms with Gasteiger partial charge in [-0.15, -0.1) is 0 Å². The van der Waals surface area contributed by atoms with Crippen molar-refractivity contribution in [3.05, 3.63) is 58.4 Å². The number of ether oxygens (including phenoxy) is 1. The summed E-state index contributed by atoms with van der Waals surface area (Å²) < 4.78 is 20.7. The van der Waals surface area contributed by atoms with Gasteiger partial charge in [0.1, 0.15) is 11.3 Å². The maximum atomic E-state index is 14.2. The number of nitrogens with zero attached hydrogens (tertiary/aromatic N) is 1. The van der Waals surface area contributed by atoms with E-state index in [1.807, 2.05) is 19.1 Å². The van der Waals surface area contributed by atoms with Crippen LogP contribution in [0.5, 0.6) is 11.5 Å². The van der Waals surface area contributed by atoms with Crippen LogP contribution in [0, 0.1) is 12.7 Å². The monoisotopic (exact) mass is 346 g/mol. The Labute approximate surface area is 129 Å². The van der Waals surface area contributed by atoms with E-state index in [1.54, 1.807) is 24.4 Å². The minimum atomic E-state index is -0.536. The van der Waals surface area contributed by atoms with Gasteiger partial charge in [-0.3, -0.25) is 4.98 Å². The van der Waals surface area contributed by atoms with E-state index in [4.69, 9.17) is 10.5 Å². The molecule has 2 N–H and O–H groups in total. The first-order chi connectivity index (χ1) is 10.1. The molecule has 1 heterocycles. The van der Waals surface area contributed by atoms with Crippen molar-refractivity contribution in [3.8, 4) is 11.5 Å². The number of nitrogens with two attached hydrogens (primary N) is 1. The van der Waals surface area contributed by atoms with Crippen molar-refractivity contribution < 1.29 is 9.13 Å². The lowest BCUT2D eigenvalue weighted by molar-refractivity contribution is 0.445. The van der Waals surface area contributed by atoms with E-state index < -0.39 is 5.82 Å². The summed E-state index contributed by atoms with van der Waals surface area (Å²) >= 11 is 3.42. The predicted molar refractivity (Wildman–Crippen MR) is 85.1 cm³/mol. The summed E-state index contributed by atoms with van der Waals surface area (Å²) in [6.45, 7) is 1.97. The van der Waals surface area contributed by atoms with Crippen LogP contribution in [-0.4, -0.2) is 4.98 Å². The van der Waals surface area contributed by atoms with Gasteiger partial charge >= 0.3 is 0 Å². The SMILES string of the molecule is Cc1ccc(Oc2c(F)cc(N)c3cccnc23)c(Br)c1. The molecule has 0 saturated carbocycles. The Kier molecular flexibility index (Phi) is 3.51. The number of benzene rings is 2. The number of hydrogen-bond acceptors (Lipinski definition) is 3. The van der Waals surface area contributed by atoms with Crippen molar-refractivity contribution in [1.29, 1.82) is 0 Å². The van der Waals surface area contributed by atoms with Crippen LogP contribution >= 0.6 is 15.9 Å². The molecule has 0 fully saturated rings. The Balaban J connectivity index is 2.16. The van der Waals surface area contributed by atoms with E-state index in [1.165, 1.54) is 6.07 Å². The van der Waals surface area contributed by atoms with Crippen LogP contribution in [0.3, 0.4) is 0 Å². The lowest BCUT2D eigenvalue weighted by Gasteiger charge is -2.12. The minimum absolute atomic E-state index is 0.0735. The molecule has 5 heteroatoms. The van der Waals surface area contributed by atoms with E-state index in [0.29, 0.717) is 22.3 Å². The molecule has 3 nitrogen and oxygen atoms in total. The van der Waals surface area contributed by atoms with Gasteiger partial charge in [-0.1, -0.05) is 6.07 Å². The second-order valence-electron chi connectivity index (χ2n) is 4.71. The topological polar surface area (TPSA) is 48.1 Å². The van der Waals surface area contributed by atoms with Crippen LogP contribution in [0.4, 0.5) is 10.1 Å². The molecule has 0 unspecified atom stereocenters. The molecule has 1 aromatic heterocycles. The number of halogens is 2. The third-order valence-corrected chi connectivity index (χ3v) is 3.75. The van der Waals surface area contributed by atoms with E-state index >= 15 is 0 Å². The number of aromatic nitrogens is 1. The van der Waals surface area contributed by atoms with Crippen LogP contribution < -0.4 is 10.5 Å². The van der Waals surface area contributed by atoms with Crippen molar-refractivity contribution in [1.82, 2.24) is 4.98 Å². The highest BCUT2D eigenvalue weighted by Gasteiger charge is 2.15. The summed E-state index contributed by atoms with van der Waals surface area (Å²) in [5.74, 6) is 0.0618. The maximum Gasteiger partial charge on any atom is 0.189 e. The molecule has 0 aliphatic carbocycles. The van der Waals surface area contributed by atoms with Crippen LogP contribution in [-0.2, 0) is 0 Å². The largest absolute Gasteiger partial charge is 0.451 e. The van der Waals surface area contributed by atoms with Crippen molar-refractivity contribution in [3.63, 3.8) is 0 Å². The van der Waals surface area contributed by atoms with Gasteiger partial charge in [-0.05, 0) is 52.7 Å². The van der Waals surface area contributed by atoms with Crippen LogP contribution in [0.25, 0.3) is 10.9 Å². The fourth-order valence-electron chi connectivity index (χ4n) is 2.11. The summed E-state index contributed by atoms with van der Waals surface area (Å²) in [7, 11) is 0. The number of nitrogen functional groups attached to an aromatic ring is 1. The molecule has 3 aromatic rings. The van der Waals surface area contributed by atoms with Gasteiger partial charge in [0.2, 0.25) is 0 Å². The van der Waals surface area contributed by atoms with Gasteiger partial charge in [0, 0.05) is 23.3 Å². The van der Waals surface area contributed by atoms with Crippen LogP contribution in [0.1, 0.15) is 5.56 Å². The Morgan fingerprint density at radius 3 is 2.81 bits per heavy atom. The van der Waals surface area contributed by atoms with Gasteiger partial charge in [0.25, 0.3) is 0 Å². The van der Waals surface area contributed by atoms with Gasteiger partial charge in [-0.2, -0.15) is 0 Å². The summed E-state index contributed by atoms with van der Waals surface area (Å²) in [4.78, 5) is 4.19. The van der Waals surface area contributed by atoms with E-state index in [0.717, 1.165) is 10.0 Å². The van der Waals surface area contributed by atoms with E-state index in [-0.39, 0.29) is 5.75 Å². The molecule has 0 aliphatic heterocycles. The van der Waals surface area contributed by atoms with Crippen molar-refractivity contribution >= 4 is 32.5 Å². The Morgan fingerprint density at radius 1 is 1.24 bits per heavy atom. The lowest BCUT2D eigenvalue weighted by atomic mass is 10.1. The molecule has 0 amide bonds. The van der Waals surface area contributed by atoms with E-state index in [9.17, 15) is 4.39 Å². The average molecular weight is 347 g/mol. The molecular formula is C16H12BrFN2O. The first-order valence-electron chi connectivity index (χ1n) is 6.33. The number of fused-ring (bicyclic) bond motifs is 1. The fourth-order valence-corrected chi connectivity index (χ4v) is 2.68. The number of pyridine rings is 1. The molecule has 0 saturated heterocycles. The van der Waals surface area contributed by atoms with Gasteiger partial charge in [0.05, 0.1) is 4.47 Å². The summed E-state index contributed by atoms with van der Waals surface area (Å²) in [5.41, 5.74) is 7.65. The highest BCUT2D eigenvalue weighted by Crippen LogP contribution is 2.37. The van der Waals surface area contributed by atoms with Gasteiger partial charge in [-0.25, -0.2) is 4.39 Å². The zero-order chi connectivity index (χ0) is 15.0. The highest BCUT2D eigenvalue weighted by molar-refractivity contribution is 9.10. The Bertz CT molecular complexity index is 836. The standard InChI is InChI=1S/C16H12BrFN2O/c1-9-4-5-14(11(17)7-9)21-16-12(18)8-13(19)10-3-2-6-20-15(10)16/h2-8H,19H2,1H3. The molecule has 106 valence electrons. The van der Waals surface area contributed by atoms with Crippen molar-refractivity contribution in [2.24, 2.45) is 0 Å². The van der Waals surface area contributed by atoms with Crippen LogP contribution in [0.2, 0.25) is 0 Å². The number of anilines is 1. The molecule has 3 rings (SSSR count). The Hall–Kier alpha value is -2.14. The van der Waals surface area contributed by atoms with Gasteiger partial charge in [0.15, 0.2) is 11.6 Å². The molecule has 0 radical (unpaired) electrons. The third kappa shape index (κ3) is 2.56. The fraction of sp³-hybridized carbons (Fsp3) is 0.0625. The normalized spacial score (nSPS) is 10.8. The first kappa shape index (κ1) is 13.8. The second-order valence-corrected chi connectivity index (χ2v) is 5.57. The van der Waals surface area contributed by atoms with E-state index in [2.05, 4.69) is 20.9 Å². The maximum absolute atomic E-state index is 14.2. The number of aryl methyl sites for hydroxylation is 1.